The van der Waals surface area contributed by atoms with Crippen LogP contribution in [0.1, 0.15) is 26.2 Å². The molecule has 1 rings (SSSR count). The Balaban J connectivity index is 2.58. The van der Waals surface area contributed by atoms with Gasteiger partial charge in [0.2, 0.25) is 0 Å². The van der Waals surface area contributed by atoms with Crippen LogP contribution < -0.4 is 0 Å². The zero-order valence-corrected chi connectivity index (χ0v) is 5.52. The summed E-state index contributed by atoms with van der Waals surface area (Å²) in [5.41, 5.74) is 0. The number of carbonyl (C=O) groups excluding carboxylic acids is 2. The van der Waals surface area contributed by atoms with Crippen LogP contribution in [-0.2, 0) is 9.59 Å². The molecule has 1 unspecified atom stereocenters. The number of ketones is 2. The van der Waals surface area contributed by atoms with Crippen molar-refractivity contribution in [2.24, 2.45) is 5.92 Å². The first-order chi connectivity index (χ1) is 4.24. The van der Waals surface area contributed by atoms with E-state index in [1.807, 2.05) is 6.92 Å². The van der Waals surface area contributed by atoms with Crippen molar-refractivity contribution in [2.45, 2.75) is 26.2 Å². The molecular formula is C7H10O2. The standard InChI is InChI=1S/C7H10O2/c1-2-5-3-6(8)4-7(5)9/h5H,2-4H2,1H3. The van der Waals surface area contributed by atoms with Crippen LogP contribution in [0.3, 0.4) is 0 Å². The summed E-state index contributed by atoms with van der Waals surface area (Å²) in [6.45, 7) is 1.95. The fraction of sp³-hybridized carbons (Fsp3) is 0.714. The third kappa shape index (κ3) is 1.18. The number of hydrogen-bond acceptors (Lipinski definition) is 2. The Labute approximate surface area is 54.2 Å². The van der Waals surface area contributed by atoms with Crippen molar-refractivity contribution in [3.63, 3.8) is 0 Å². The van der Waals surface area contributed by atoms with Gasteiger partial charge >= 0.3 is 0 Å². The predicted octanol–water partition coefficient (Wildman–Crippen LogP) is 0.945. The number of hydrogen-bond donors (Lipinski definition) is 0. The molecule has 2 heteroatoms. The van der Waals surface area contributed by atoms with Gasteiger partial charge in [0.25, 0.3) is 0 Å². The largest absolute Gasteiger partial charge is 0.299 e. The highest BCUT2D eigenvalue weighted by Crippen LogP contribution is 2.20. The molecule has 0 aromatic rings. The molecule has 0 N–H and O–H groups in total. The molecule has 9 heavy (non-hydrogen) atoms. The second-order valence-corrected chi connectivity index (χ2v) is 2.49. The Morgan fingerprint density at radius 2 is 2.22 bits per heavy atom. The van der Waals surface area contributed by atoms with Gasteiger partial charge in [0.1, 0.15) is 11.6 Å². The van der Waals surface area contributed by atoms with Crippen LogP contribution in [0.25, 0.3) is 0 Å². The van der Waals surface area contributed by atoms with Gasteiger partial charge in [-0.3, -0.25) is 9.59 Å². The maximum Gasteiger partial charge on any atom is 0.143 e. The van der Waals surface area contributed by atoms with E-state index >= 15 is 0 Å². The summed E-state index contributed by atoms with van der Waals surface area (Å²) < 4.78 is 0. The summed E-state index contributed by atoms with van der Waals surface area (Å²) in [5, 5.41) is 0. The minimum Gasteiger partial charge on any atom is -0.299 e. The highest BCUT2D eigenvalue weighted by molar-refractivity contribution is 6.06. The van der Waals surface area contributed by atoms with Crippen molar-refractivity contribution < 1.29 is 9.59 Å². The van der Waals surface area contributed by atoms with Crippen LogP contribution in [0.15, 0.2) is 0 Å². The van der Waals surface area contributed by atoms with Crippen LogP contribution in [0, 0.1) is 5.92 Å². The first-order valence-corrected chi connectivity index (χ1v) is 3.28. The van der Waals surface area contributed by atoms with Crippen molar-refractivity contribution in [1.82, 2.24) is 0 Å². The monoisotopic (exact) mass is 126 g/mol. The third-order valence-corrected chi connectivity index (χ3v) is 1.79. The zero-order chi connectivity index (χ0) is 6.85. The molecule has 0 spiro atoms. The van der Waals surface area contributed by atoms with Crippen molar-refractivity contribution in [1.29, 1.82) is 0 Å². The van der Waals surface area contributed by atoms with Crippen molar-refractivity contribution in [2.75, 3.05) is 0 Å². The van der Waals surface area contributed by atoms with Crippen molar-refractivity contribution >= 4 is 11.6 Å². The van der Waals surface area contributed by atoms with E-state index < -0.39 is 0 Å². The lowest BCUT2D eigenvalue weighted by Crippen LogP contribution is -2.03. The molecule has 0 radical (unpaired) electrons. The SMILES string of the molecule is CCC1CC(=O)CC1=O. The molecule has 50 valence electrons. The molecule has 0 heterocycles. The Morgan fingerprint density at radius 1 is 1.56 bits per heavy atom. The lowest BCUT2D eigenvalue weighted by atomic mass is 10.1. The maximum atomic E-state index is 10.8. The van der Waals surface area contributed by atoms with Crippen molar-refractivity contribution in [3.05, 3.63) is 0 Å². The molecule has 1 fully saturated rings. The molecule has 1 atom stereocenters. The van der Waals surface area contributed by atoms with E-state index in [-0.39, 0.29) is 23.9 Å². The Kier molecular flexibility index (Phi) is 1.65. The van der Waals surface area contributed by atoms with Gasteiger partial charge in [0.15, 0.2) is 0 Å². The predicted molar refractivity (Wildman–Crippen MR) is 33.0 cm³/mol. The van der Waals surface area contributed by atoms with E-state index in [2.05, 4.69) is 0 Å². The molecule has 1 aliphatic carbocycles. The molecule has 0 bridgehead atoms. The number of Topliss-reactive ketones (excluding diaryl/α,β-unsaturated/α-hetero) is 2. The van der Waals surface area contributed by atoms with Crippen LogP contribution in [0.2, 0.25) is 0 Å². The summed E-state index contributed by atoms with van der Waals surface area (Å²) in [5.74, 6) is 0.312. The van der Waals surface area contributed by atoms with Crippen LogP contribution in [0.5, 0.6) is 0 Å². The second-order valence-electron chi connectivity index (χ2n) is 2.49. The van der Waals surface area contributed by atoms with Gasteiger partial charge in [-0.1, -0.05) is 6.92 Å². The fourth-order valence-corrected chi connectivity index (χ4v) is 1.17. The lowest BCUT2D eigenvalue weighted by molar-refractivity contribution is -0.122. The van der Waals surface area contributed by atoms with E-state index in [4.69, 9.17) is 0 Å². The Hall–Kier alpha value is -0.660. The van der Waals surface area contributed by atoms with Gasteiger partial charge in [0, 0.05) is 12.3 Å². The van der Waals surface area contributed by atoms with Crippen LogP contribution >= 0.6 is 0 Å². The van der Waals surface area contributed by atoms with E-state index in [0.29, 0.717) is 6.42 Å². The summed E-state index contributed by atoms with van der Waals surface area (Å²) in [4.78, 5) is 21.4. The molecular weight excluding hydrogens is 116 g/mol. The average Bonchev–Trinajstić information content (AvgIpc) is 2.10. The third-order valence-electron chi connectivity index (χ3n) is 1.79. The fourth-order valence-electron chi connectivity index (χ4n) is 1.17. The molecule has 0 saturated heterocycles. The molecule has 2 nitrogen and oxygen atoms in total. The molecule has 0 aliphatic heterocycles. The minimum atomic E-state index is 0.0532. The van der Waals surface area contributed by atoms with Gasteiger partial charge in [-0.25, -0.2) is 0 Å². The van der Waals surface area contributed by atoms with Gasteiger partial charge in [-0.05, 0) is 6.42 Å². The number of rotatable bonds is 1. The summed E-state index contributed by atoms with van der Waals surface area (Å²) >= 11 is 0. The average molecular weight is 126 g/mol. The van der Waals surface area contributed by atoms with E-state index in [0.717, 1.165) is 6.42 Å². The van der Waals surface area contributed by atoms with Crippen LogP contribution in [0.4, 0.5) is 0 Å². The van der Waals surface area contributed by atoms with E-state index in [9.17, 15) is 9.59 Å². The minimum absolute atomic E-state index is 0.0532. The van der Waals surface area contributed by atoms with E-state index in [1.165, 1.54) is 0 Å². The summed E-state index contributed by atoms with van der Waals surface area (Å²) in [6.07, 6.45) is 1.51. The molecule has 0 amide bonds. The first kappa shape index (κ1) is 6.46. The number of carbonyl (C=O) groups is 2. The highest BCUT2D eigenvalue weighted by atomic mass is 16.2. The van der Waals surface area contributed by atoms with Gasteiger partial charge in [0.05, 0.1) is 6.42 Å². The van der Waals surface area contributed by atoms with Gasteiger partial charge in [-0.15, -0.1) is 0 Å². The zero-order valence-electron chi connectivity index (χ0n) is 5.52. The second kappa shape index (κ2) is 2.29. The maximum absolute atomic E-state index is 10.8. The molecule has 1 saturated carbocycles. The van der Waals surface area contributed by atoms with Crippen molar-refractivity contribution in [3.8, 4) is 0 Å². The van der Waals surface area contributed by atoms with Gasteiger partial charge in [-0.2, -0.15) is 0 Å². The topological polar surface area (TPSA) is 34.1 Å². The normalized spacial score (nSPS) is 27.4. The van der Waals surface area contributed by atoms with Crippen LogP contribution in [-0.4, -0.2) is 11.6 Å². The Bertz CT molecular complexity index is 149. The summed E-state index contributed by atoms with van der Waals surface area (Å²) in [6, 6.07) is 0. The van der Waals surface area contributed by atoms with E-state index in [1.54, 1.807) is 0 Å². The molecule has 1 aliphatic rings. The Morgan fingerprint density at radius 3 is 2.44 bits per heavy atom. The highest BCUT2D eigenvalue weighted by Gasteiger charge is 2.28. The smallest absolute Gasteiger partial charge is 0.143 e. The first-order valence-electron chi connectivity index (χ1n) is 3.28. The van der Waals surface area contributed by atoms with Gasteiger partial charge < -0.3 is 0 Å². The quantitative estimate of drug-likeness (QED) is 0.490. The summed E-state index contributed by atoms with van der Waals surface area (Å²) in [7, 11) is 0. The molecule has 0 aromatic heterocycles. The lowest BCUT2D eigenvalue weighted by Gasteiger charge is -1.97. The molecule has 0 aromatic carbocycles.